The second-order valence-corrected chi connectivity index (χ2v) is 4.51. The average Bonchev–Trinajstić information content (AvgIpc) is 2.90. The van der Waals surface area contributed by atoms with Gasteiger partial charge in [0.1, 0.15) is 0 Å². The van der Waals surface area contributed by atoms with Gasteiger partial charge in [0.05, 0.1) is 5.75 Å². The van der Waals surface area contributed by atoms with Crippen molar-refractivity contribution in [3.8, 4) is 17.7 Å². The van der Waals surface area contributed by atoms with Crippen molar-refractivity contribution in [2.75, 3.05) is 19.6 Å². The minimum Gasteiger partial charge on any atom is -0.454 e. The van der Waals surface area contributed by atoms with E-state index in [1.807, 2.05) is 0 Å². The largest absolute Gasteiger partial charge is 0.454 e. The monoisotopic (exact) mass is 277 g/mol. The summed E-state index contributed by atoms with van der Waals surface area (Å²) in [6, 6.07) is 5.06. The van der Waals surface area contributed by atoms with Crippen LogP contribution in [-0.2, 0) is 0 Å². The molecule has 7 heteroatoms. The van der Waals surface area contributed by atoms with Crippen molar-refractivity contribution in [1.82, 2.24) is 5.32 Å². The molecule has 0 saturated heterocycles. The molecule has 19 heavy (non-hydrogen) atoms. The fourth-order valence-electron chi connectivity index (χ4n) is 1.49. The molecule has 98 valence electrons. The van der Waals surface area contributed by atoms with Gasteiger partial charge in [0.15, 0.2) is 28.6 Å². The highest BCUT2D eigenvalue weighted by atomic mass is 32.2. The molecule has 0 spiro atoms. The first-order valence-electron chi connectivity index (χ1n) is 5.42. The number of ether oxygens (including phenoxy) is 2. The third-order valence-corrected chi connectivity index (χ3v) is 3.37. The van der Waals surface area contributed by atoms with E-state index in [9.17, 15) is 4.79 Å². The zero-order valence-corrected chi connectivity index (χ0v) is 11.0. The summed E-state index contributed by atoms with van der Waals surface area (Å²) in [5.74, 6) is 1.35. The van der Waals surface area contributed by atoms with Gasteiger partial charge in [0.25, 0.3) is 0 Å². The van der Waals surface area contributed by atoms with Crippen LogP contribution < -0.4 is 14.8 Å². The SMILES string of the molecule is CN=C(NC#N)SCC(=O)c1ccc2c(c1)OCO2. The Morgan fingerprint density at radius 3 is 3.05 bits per heavy atom. The highest BCUT2D eigenvalue weighted by molar-refractivity contribution is 8.14. The molecule has 1 N–H and O–H groups in total. The first-order chi connectivity index (χ1) is 9.24. The van der Waals surface area contributed by atoms with Gasteiger partial charge in [0.2, 0.25) is 6.79 Å². The van der Waals surface area contributed by atoms with E-state index in [4.69, 9.17) is 14.7 Å². The van der Waals surface area contributed by atoms with E-state index in [0.29, 0.717) is 22.2 Å². The van der Waals surface area contributed by atoms with Crippen LogP contribution in [0.5, 0.6) is 11.5 Å². The van der Waals surface area contributed by atoms with Crippen LogP contribution in [0.1, 0.15) is 10.4 Å². The third kappa shape index (κ3) is 3.17. The average molecular weight is 277 g/mol. The van der Waals surface area contributed by atoms with E-state index < -0.39 is 0 Å². The van der Waals surface area contributed by atoms with Crippen LogP contribution in [-0.4, -0.2) is 30.5 Å². The minimum atomic E-state index is -0.0656. The summed E-state index contributed by atoms with van der Waals surface area (Å²) in [5, 5.41) is 11.3. The number of carbonyl (C=O) groups excluding carboxylic acids is 1. The van der Waals surface area contributed by atoms with Gasteiger partial charge in [-0.2, -0.15) is 5.26 Å². The molecule has 0 radical (unpaired) electrons. The van der Waals surface area contributed by atoms with Gasteiger partial charge < -0.3 is 9.47 Å². The lowest BCUT2D eigenvalue weighted by atomic mass is 10.1. The minimum absolute atomic E-state index is 0.0656. The molecule has 1 aromatic carbocycles. The van der Waals surface area contributed by atoms with Crippen molar-refractivity contribution < 1.29 is 14.3 Å². The summed E-state index contributed by atoms with van der Waals surface area (Å²) < 4.78 is 10.4. The predicted octanol–water partition coefficient (Wildman–Crippen LogP) is 1.39. The number of carbonyl (C=O) groups is 1. The van der Waals surface area contributed by atoms with Gasteiger partial charge in [-0.1, -0.05) is 11.8 Å². The van der Waals surface area contributed by atoms with Gasteiger partial charge in [-0.25, -0.2) is 0 Å². The van der Waals surface area contributed by atoms with Crippen LogP contribution in [0.15, 0.2) is 23.2 Å². The Labute approximate surface area is 114 Å². The first-order valence-corrected chi connectivity index (χ1v) is 6.40. The highest BCUT2D eigenvalue weighted by Crippen LogP contribution is 2.32. The smallest absolute Gasteiger partial charge is 0.231 e. The molecule has 2 rings (SSSR count). The molecule has 0 amide bonds. The molecular formula is C12H11N3O3S. The number of nitrogens with one attached hydrogen (secondary N) is 1. The Balaban J connectivity index is 1.99. The number of hydrogen-bond acceptors (Lipinski definition) is 6. The van der Waals surface area contributed by atoms with E-state index in [-0.39, 0.29) is 18.3 Å². The molecular weight excluding hydrogens is 266 g/mol. The van der Waals surface area contributed by atoms with Crippen LogP contribution in [0.4, 0.5) is 0 Å². The number of fused-ring (bicyclic) bond motifs is 1. The van der Waals surface area contributed by atoms with Crippen LogP contribution in [0, 0.1) is 11.5 Å². The van der Waals surface area contributed by atoms with Gasteiger partial charge in [-0.15, -0.1) is 0 Å². The van der Waals surface area contributed by atoms with Crippen molar-refractivity contribution in [1.29, 1.82) is 5.26 Å². The normalized spacial score (nSPS) is 12.9. The Hall–Kier alpha value is -2.20. The number of ketones is 1. The fourth-order valence-corrected chi connectivity index (χ4v) is 2.17. The Morgan fingerprint density at radius 2 is 2.32 bits per heavy atom. The Kier molecular flexibility index (Phi) is 4.26. The van der Waals surface area contributed by atoms with E-state index in [1.54, 1.807) is 31.4 Å². The molecule has 0 unspecified atom stereocenters. The van der Waals surface area contributed by atoms with Crippen LogP contribution in [0.2, 0.25) is 0 Å². The Bertz CT molecular complexity index is 566. The van der Waals surface area contributed by atoms with Gasteiger partial charge in [-0.3, -0.25) is 15.1 Å². The van der Waals surface area contributed by atoms with Crippen molar-refractivity contribution >= 4 is 22.7 Å². The second kappa shape index (κ2) is 6.11. The Morgan fingerprint density at radius 1 is 1.53 bits per heavy atom. The maximum absolute atomic E-state index is 12.0. The first kappa shape index (κ1) is 13.2. The standard InChI is InChI=1S/C12H11N3O3S/c1-14-12(15-6-13)19-5-9(16)8-2-3-10-11(4-8)18-7-17-10/h2-4H,5,7H2,1H3,(H,14,15). The van der Waals surface area contributed by atoms with E-state index >= 15 is 0 Å². The quantitative estimate of drug-likeness (QED) is 0.295. The highest BCUT2D eigenvalue weighted by Gasteiger charge is 2.16. The number of nitrogens with zero attached hydrogens (tertiary/aromatic N) is 2. The number of thioether (sulfide) groups is 1. The zero-order valence-electron chi connectivity index (χ0n) is 10.2. The van der Waals surface area contributed by atoms with Crippen molar-refractivity contribution in [2.24, 2.45) is 4.99 Å². The summed E-state index contributed by atoms with van der Waals surface area (Å²) in [6.07, 6.45) is 1.77. The van der Waals surface area contributed by atoms with E-state index in [1.165, 1.54) is 11.8 Å². The van der Waals surface area contributed by atoms with Crippen molar-refractivity contribution in [2.45, 2.75) is 0 Å². The van der Waals surface area contributed by atoms with Gasteiger partial charge in [-0.05, 0) is 18.2 Å². The van der Waals surface area contributed by atoms with Crippen LogP contribution in [0.3, 0.4) is 0 Å². The lowest BCUT2D eigenvalue weighted by molar-refractivity contribution is 0.102. The van der Waals surface area contributed by atoms with Gasteiger partial charge in [0, 0.05) is 12.6 Å². The molecule has 6 nitrogen and oxygen atoms in total. The third-order valence-electron chi connectivity index (χ3n) is 2.40. The van der Waals surface area contributed by atoms with Gasteiger partial charge >= 0.3 is 0 Å². The molecule has 1 aliphatic heterocycles. The molecule has 0 bridgehead atoms. The summed E-state index contributed by atoms with van der Waals surface area (Å²) in [6.45, 7) is 0.181. The molecule has 1 aliphatic rings. The maximum Gasteiger partial charge on any atom is 0.231 e. The number of aliphatic imine (C=N–C) groups is 1. The second-order valence-electron chi connectivity index (χ2n) is 3.55. The topological polar surface area (TPSA) is 83.7 Å². The van der Waals surface area contributed by atoms with E-state index in [0.717, 1.165) is 0 Å². The van der Waals surface area contributed by atoms with E-state index in [2.05, 4.69) is 10.3 Å². The number of rotatable bonds is 3. The number of benzene rings is 1. The molecule has 0 aromatic heterocycles. The number of amidine groups is 1. The van der Waals surface area contributed by atoms with Crippen molar-refractivity contribution in [3.05, 3.63) is 23.8 Å². The summed E-state index contributed by atoms with van der Waals surface area (Å²) in [7, 11) is 1.55. The number of Topliss-reactive ketones (excluding diaryl/α,β-unsaturated/α-hetero) is 1. The van der Waals surface area contributed by atoms with Crippen LogP contribution in [0.25, 0.3) is 0 Å². The molecule has 0 atom stereocenters. The summed E-state index contributed by atoms with van der Waals surface area (Å²) in [5.41, 5.74) is 0.546. The molecule has 0 fully saturated rings. The maximum atomic E-state index is 12.0. The number of hydrogen-bond donors (Lipinski definition) is 1. The molecule has 1 aromatic rings. The summed E-state index contributed by atoms with van der Waals surface area (Å²) in [4.78, 5) is 15.8. The lowest BCUT2D eigenvalue weighted by Crippen LogP contribution is -2.16. The predicted molar refractivity (Wildman–Crippen MR) is 71.5 cm³/mol. The fraction of sp³-hybridized carbons (Fsp3) is 0.250. The molecule has 0 aliphatic carbocycles. The number of nitriles is 1. The lowest BCUT2D eigenvalue weighted by Gasteiger charge is -2.03. The summed E-state index contributed by atoms with van der Waals surface area (Å²) >= 11 is 1.18. The molecule has 0 saturated carbocycles. The van der Waals surface area contributed by atoms with Crippen LogP contribution >= 0.6 is 11.8 Å². The van der Waals surface area contributed by atoms with Crippen molar-refractivity contribution in [3.63, 3.8) is 0 Å². The molecule has 1 heterocycles. The zero-order chi connectivity index (χ0) is 13.7.